The number of hydrogen-bond acceptors (Lipinski definition) is 2. The van der Waals surface area contributed by atoms with Crippen molar-refractivity contribution in [3.05, 3.63) is 23.6 Å². The standard InChI is InChI=1S/C6H6BrFN2/c1-4-2-3-9-6(10-7)5(4)8/h2-3H,1H3,(H,9,10). The lowest BCUT2D eigenvalue weighted by Gasteiger charge is -1.99. The van der Waals surface area contributed by atoms with E-state index in [1.165, 1.54) is 0 Å². The van der Waals surface area contributed by atoms with Gasteiger partial charge in [0.25, 0.3) is 0 Å². The predicted molar refractivity (Wildman–Crippen MR) is 41.5 cm³/mol. The lowest BCUT2D eigenvalue weighted by Crippen LogP contribution is -1.92. The van der Waals surface area contributed by atoms with Crippen molar-refractivity contribution >= 4 is 22.0 Å². The van der Waals surface area contributed by atoms with Gasteiger partial charge in [-0.25, -0.2) is 9.37 Å². The highest BCUT2D eigenvalue weighted by atomic mass is 79.9. The fraction of sp³-hybridized carbons (Fsp3) is 0.167. The molecular formula is C6H6BrFN2. The molecule has 0 aliphatic rings. The fourth-order valence-corrected chi connectivity index (χ4v) is 0.883. The van der Waals surface area contributed by atoms with Crippen LogP contribution in [0.1, 0.15) is 5.56 Å². The van der Waals surface area contributed by atoms with Gasteiger partial charge in [-0.05, 0) is 18.6 Å². The molecule has 0 aliphatic carbocycles. The molecule has 0 bridgehead atoms. The maximum absolute atomic E-state index is 12.8. The molecule has 4 heteroatoms. The van der Waals surface area contributed by atoms with E-state index in [1.807, 2.05) is 0 Å². The fourth-order valence-electron chi connectivity index (χ4n) is 0.606. The van der Waals surface area contributed by atoms with E-state index in [0.29, 0.717) is 5.56 Å². The highest BCUT2D eigenvalue weighted by molar-refractivity contribution is 9.10. The molecule has 0 aliphatic heterocycles. The number of nitrogens with one attached hydrogen (secondary N) is 1. The van der Waals surface area contributed by atoms with Gasteiger partial charge in [0.1, 0.15) is 0 Å². The molecule has 0 saturated heterocycles. The number of aromatic nitrogens is 1. The zero-order valence-corrected chi connectivity index (χ0v) is 6.94. The molecule has 1 N–H and O–H groups in total. The molecule has 0 unspecified atom stereocenters. The summed E-state index contributed by atoms with van der Waals surface area (Å²) < 4.78 is 15.3. The van der Waals surface area contributed by atoms with E-state index in [9.17, 15) is 4.39 Å². The monoisotopic (exact) mass is 204 g/mol. The van der Waals surface area contributed by atoms with Crippen LogP contribution in [0.5, 0.6) is 0 Å². The van der Waals surface area contributed by atoms with Gasteiger partial charge in [-0.1, -0.05) is 0 Å². The van der Waals surface area contributed by atoms with Gasteiger partial charge < -0.3 is 4.34 Å². The summed E-state index contributed by atoms with van der Waals surface area (Å²) >= 11 is 2.89. The third-order valence-corrected chi connectivity index (χ3v) is 1.55. The van der Waals surface area contributed by atoms with E-state index in [1.54, 1.807) is 19.2 Å². The Morgan fingerprint density at radius 1 is 1.70 bits per heavy atom. The first-order valence-corrected chi connectivity index (χ1v) is 3.52. The van der Waals surface area contributed by atoms with Crippen molar-refractivity contribution in [2.45, 2.75) is 6.92 Å². The van der Waals surface area contributed by atoms with Crippen molar-refractivity contribution in [3.63, 3.8) is 0 Å². The van der Waals surface area contributed by atoms with Crippen LogP contribution in [0.25, 0.3) is 0 Å². The van der Waals surface area contributed by atoms with Crippen LogP contribution in [0.2, 0.25) is 0 Å². The molecule has 0 aromatic carbocycles. The van der Waals surface area contributed by atoms with Crippen LogP contribution in [-0.2, 0) is 0 Å². The molecule has 1 heterocycles. The van der Waals surface area contributed by atoms with Crippen molar-refractivity contribution in [1.29, 1.82) is 0 Å². The summed E-state index contributed by atoms with van der Waals surface area (Å²) in [4.78, 5) is 3.72. The molecule has 1 aromatic heterocycles. The quantitative estimate of drug-likeness (QED) is 0.711. The van der Waals surface area contributed by atoms with Crippen molar-refractivity contribution in [3.8, 4) is 0 Å². The number of anilines is 1. The number of aryl methyl sites for hydroxylation is 1. The van der Waals surface area contributed by atoms with Gasteiger partial charge in [0.2, 0.25) is 0 Å². The second kappa shape index (κ2) is 2.96. The van der Waals surface area contributed by atoms with Gasteiger partial charge in [-0.2, -0.15) is 0 Å². The second-order valence-corrected chi connectivity index (χ2v) is 2.28. The number of hydrogen-bond donors (Lipinski definition) is 1. The lowest BCUT2D eigenvalue weighted by atomic mass is 10.3. The van der Waals surface area contributed by atoms with Crippen LogP contribution in [0.3, 0.4) is 0 Å². The number of rotatable bonds is 1. The maximum Gasteiger partial charge on any atom is 0.172 e. The number of halogens is 2. The maximum atomic E-state index is 12.8. The molecule has 0 fully saturated rings. The summed E-state index contributed by atoms with van der Waals surface area (Å²) in [6.45, 7) is 1.69. The Kier molecular flexibility index (Phi) is 2.21. The lowest BCUT2D eigenvalue weighted by molar-refractivity contribution is 0.618. The van der Waals surface area contributed by atoms with Crippen LogP contribution in [-0.4, -0.2) is 4.98 Å². The van der Waals surface area contributed by atoms with Crippen LogP contribution < -0.4 is 4.34 Å². The zero-order chi connectivity index (χ0) is 7.56. The first-order chi connectivity index (χ1) is 4.75. The molecule has 0 radical (unpaired) electrons. The third-order valence-electron chi connectivity index (χ3n) is 1.17. The highest BCUT2D eigenvalue weighted by Crippen LogP contribution is 2.14. The first kappa shape index (κ1) is 7.47. The summed E-state index contributed by atoms with van der Waals surface area (Å²) in [5.41, 5.74) is 0.581. The Labute approximate surface area is 66.8 Å². The summed E-state index contributed by atoms with van der Waals surface area (Å²) in [7, 11) is 0. The number of pyridine rings is 1. The molecule has 1 aromatic rings. The molecule has 0 atom stereocenters. The van der Waals surface area contributed by atoms with Gasteiger partial charge in [-0.3, -0.25) is 0 Å². The Balaban J connectivity index is 3.14. The molecule has 1 rings (SSSR count). The van der Waals surface area contributed by atoms with Gasteiger partial charge in [0.05, 0.1) is 0 Å². The van der Waals surface area contributed by atoms with Gasteiger partial charge in [-0.15, -0.1) is 0 Å². The zero-order valence-electron chi connectivity index (χ0n) is 5.36. The van der Waals surface area contributed by atoms with Gasteiger partial charge in [0, 0.05) is 22.3 Å². The normalized spacial score (nSPS) is 9.50. The van der Waals surface area contributed by atoms with Crippen LogP contribution in [0.15, 0.2) is 12.3 Å². The van der Waals surface area contributed by atoms with E-state index >= 15 is 0 Å². The first-order valence-electron chi connectivity index (χ1n) is 2.73. The molecule has 0 amide bonds. The van der Waals surface area contributed by atoms with E-state index < -0.39 is 0 Å². The minimum absolute atomic E-state index is 0.222. The van der Waals surface area contributed by atoms with Crippen molar-refractivity contribution in [2.75, 3.05) is 4.34 Å². The Morgan fingerprint density at radius 3 is 2.90 bits per heavy atom. The Bertz CT molecular complexity index is 239. The van der Waals surface area contributed by atoms with Crippen LogP contribution >= 0.6 is 16.1 Å². The van der Waals surface area contributed by atoms with E-state index in [-0.39, 0.29) is 11.6 Å². The van der Waals surface area contributed by atoms with E-state index in [0.717, 1.165) is 0 Å². The predicted octanol–water partition coefficient (Wildman–Crippen LogP) is 2.25. The molecule has 2 nitrogen and oxygen atoms in total. The van der Waals surface area contributed by atoms with Crippen LogP contribution in [0.4, 0.5) is 10.2 Å². The molecule has 54 valence electrons. The van der Waals surface area contributed by atoms with Crippen molar-refractivity contribution in [1.82, 2.24) is 4.98 Å². The van der Waals surface area contributed by atoms with E-state index in [4.69, 9.17) is 0 Å². The Hall–Kier alpha value is -0.640. The summed E-state index contributed by atoms with van der Waals surface area (Å²) in [5.74, 6) is -0.0978. The second-order valence-electron chi connectivity index (χ2n) is 1.88. The van der Waals surface area contributed by atoms with Gasteiger partial charge >= 0.3 is 0 Å². The Morgan fingerprint density at radius 2 is 2.40 bits per heavy atom. The van der Waals surface area contributed by atoms with Gasteiger partial charge in [0.15, 0.2) is 11.6 Å². The molecular weight excluding hydrogens is 199 g/mol. The molecule has 0 saturated carbocycles. The minimum Gasteiger partial charge on any atom is -0.304 e. The summed E-state index contributed by atoms with van der Waals surface area (Å²) in [6, 6.07) is 1.61. The van der Waals surface area contributed by atoms with Crippen molar-refractivity contribution in [2.24, 2.45) is 0 Å². The van der Waals surface area contributed by atoms with E-state index in [2.05, 4.69) is 25.5 Å². The van der Waals surface area contributed by atoms with Crippen molar-refractivity contribution < 1.29 is 4.39 Å². The smallest absolute Gasteiger partial charge is 0.172 e. The summed E-state index contributed by atoms with van der Waals surface area (Å²) in [5, 5.41) is 0. The third kappa shape index (κ3) is 1.26. The molecule has 10 heavy (non-hydrogen) atoms. The topological polar surface area (TPSA) is 24.9 Å². The molecule has 0 spiro atoms. The highest BCUT2D eigenvalue weighted by Gasteiger charge is 2.02. The largest absolute Gasteiger partial charge is 0.304 e. The average molecular weight is 205 g/mol. The SMILES string of the molecule is Cc1ccnc(NBr)c1F. The summed E-state index contributed by atoms with van der Waals surface area (Å²) in [6.07, 6.45) is 1.54. The minimum atomic E-state index is -0.320. The number of nitrogens with zero attached hydrogens (tertiary/aromatic N) is 1. The van der Waals surface area contributed by atoms with Crippen LogP contribution in [0, 0.1) is 12.7 Å². The average Bonchev–Trinajstić information content (AvgIpc) is 1.95.